The molecule has 0 saturated carbocycles. The summed E-state index contributed by atoms with van der Waals surface area (Å²) in [5, 5.41) is 11.9. The number of carbonyl (C=O) groups excluding carboxylic acids is 1. The number of halogens is 2. The average molecular weight is 482 g/mol. The molecule has 0 atom stereocenters. The number of fused-ring (bicyclic) bond motifs is 2. The van der Waals surface area contributed by atoms with Crippen LogP contribution in [-0.2, 0) is 6.54 Å². The van der Waals surface area contributed by atoms with Crippen LogP contribution in [0.3, 0.4) is 0 Å². The number of hydrogen-bond acceptors (Lipinski definition) is 6. The van der Waals surface area contributed by atoms with Crippen molar-refractivity contribution in [2.75, 3.05) is 4.90 Å². The number of benzene rings is 3. The maximum absolute atomic E-state index is 14.3. The lowest BCUT2D eigenvalue weighted by molar-refractivity contribution is -0.384. The van der Waals surface area contributed by atoms with E-state index in [4.69, 9.17) is 0 Å². The first-order valence-corrected chi connectivity index (χ1v) is 11.3. The second-order valence-corrected chi connectivity index (χ2v) is 9.29. The molecule has 0 aliphatic rings. The predicted octanol–water partition coefficient (Wildman–Crippen LogP) is 6.54. The monoisotopic (exact) mass is 481 g/mol. The zero-order valence-electron chi connectivity index (χ0n) is 16.7. The number of thiophene rings is 1. The molecule has 2 aromatic heterocycles. The van der Waals surface area contributed by atoms with Crippen molar-refractivity contribution < 1.29 is 18.5 Å². The van der Waals surface area contributed by atoms with E-state index in [0.717, 1.165) is 27.7 Å². The molecular weight excluding hydrogens is 468 g/mol. The third-order valence-corrected chi connectivity index (χ3v) is 7.11. The van der Waals surface area contributed by atoms with Gasteiger partial charge >= 0.3 is 0 Å². The van der Waals surface area contributed by atoms with Crippen LogP contribution in [0, 0.1) is 21.7 Å². The van der Waals surface area contributed by atoms with Gasteiger partial charge in [-0.05, 0) is 23.8 Å². The van der Waals surface area contributed by atoms with E-state index in [2.05, 4.69) is 4.98 Å². The van der Waals surface area contributed by atoms with Crippen LogP contribution in [0.15, 0.2) is 66.7 Å². The summed E-state index contributed by atoms with van der Waals surface area (Å²) >= 11 is 2.22. The zero-order chi connectivity index (χ0) is 23.1. The number of aromatic nitrogens is 1. The number of thiazole rings is 1. The maximum atomic E-state index is 14.3. The molecule has 3 aromatic carbocycles. The zero-order valence-corrected chi connectivity index (χ0v) is 18.3. The highest BCUT2D eigenvalue weighted by molar-refractivity contribution is 7.23. The molecule has 2 heterocycles. The number of nitro groups is 1. The third-order valence-electron chi connectivity index (χ3n) is 4.98. The number of hydrogen-bond donors (Lipinski definition) is 0. The van der Waals surface area contributed by atoms with Gasteiger partial charge in [0.2, 0.25) is 0 Å². The van der Waals surface area contributed by atoms with E-state index in [0.29, 0.717) is 15.0 Å². The van der Waals surface area contributed by atoms with E-state index in [1.54, 1.807) is 12.1 Å². The highest BCUT2D eigenvalue weighted by atomic mass is 32.1. The molecule has 0 aliphatic heterocycles. The highest BCUT2D eigenvalue weighted by Crippen LogP contribution is 2.35. The van der Waals surface area contributed by atoms with Crippen LogP contribution in [0.1, 0.15) is 15.2 Å². The smallest absolute Gasteiger partial charge is 0.270 e. The van der Waals surface area contributed by atoms with Gasteiger partial charge in [-0.15, -0.1) is 11.3 Å². The van der Waals surface area contributed by atoms with E-state index >= 15 is 0 Å². The van der Waals surface area contributed by atoms with Gasteiger partial charge in [-0.1, -0.05) is 41.7 Å². The number of rotatable bonds is 5. The van der Waals surface area contributed by atoms with Gasteiger partial charge in [-0.3, -0.25) is 19.8 Å². The lowest BCUT2D eigenvalue weighted by atomic mass is 10.2. The Hall–Kier alpha value is -3.76. The SMILES string of the molecule is O=C(c1cc2cc([N+](=O)[O-])ccc2s1)N(Cc1ccccc1)c1nc2c(F)cc(F)cc2s1. The lowest BCUT2D eigenvalue weighted by Crippen LogP contribution is -2.29. The van der Waals surface area contributed by atoms with Crippen LogP contribution in [0.2, 0.25) is 0 Å². The first-order valence-electron chi connectivity index (χ1n) is 9.68. The van der Waals surface area contributed by atoms with Crippen LogP contribution in [0.25, 0.3) is 20.3 Å². The number of nitrogens with zero attached hydrogens (tertiary/aromatic N) is 3. The van der Waals surface area contributed by atoms with Crippen molar-refractivity contribution >= 4 is 59.7 Å². The molecule has 0 aliphatic carbocycles. The minimum Gasteiger partial charge on any atom is -0.279 e. The molecule has 0 bridgehead atoms. The second kappa shape index (κ2) is 8.30. The number of non-ortho nitro benzene ring substituents is 1. The maximum Gasteiger partial charge on any atom is 0.270 e. The van der Waals surface area contributed by atoms with Crippen molar-refractivity contribution in [2.24, 2.45) is 0 Å². The number of carbonyl (C=O) groups is 1. The van der Waals surface area contributed by atoms with Crippen molar-refractivity contribution in [3.05, 3.63) is 98.9 Å². The summed E-state index contributed by atoms with van der Waals surface area (Å²) in [6.07, 6.45) is 0. The van der Waals surface area contributed by atoms with Gasteiger partial charge in [0.25, 0.3) is 11.6 Å². The molecule has 1 amide bonds. The summed E-state index contributed by atoms with van der Waals surface area (Å²) < 4.78 is 29.0. The van der Waals surface area contributed by atoms with Crippen molar-refractivity contribution in [3.63, 3.8) is 0 Å². The summed E-state index contributed by atoms with van der Waals surface area (Å²) in [4.78, 5) is 30.2. The normalized spacial score (nSPS) is 11.2. The standard InChI is InChI=1S/C23H13F2N3O3S2/c24-15-10-17(25)21-19(11-15)33-23(26-21)27(12-13-4-2-1-3-5-13)22(29)20-9-14-8-16(28(30)31)6-7-18(14)32-20/h1-11H,12H2. The van der Waals surface area contributed by atoms with E-state index < -0.39 is 16.6 Å². The second-order valence-electron chi connectivity index (χ2n) is 7.20. The fraction of sp³-hybridized carbons (Fsp3) is 0.0435. The molecule has 0 spiro atoms. The summed E-state index contributed by atoms with van der Waals surface area (Å²) in [6, 6.07) is 17.2. The lowest BCUT2D eigenvalue weighted by Gasteiger charge is -2.19. The molecule has 0 N–H and O–H groups in total. The molecule has 0 unspecified atom stereocenters. The van der Waals surface area contributed by atoms with Crippen molar-refractivity contribution in [3.8, 4) is 0 Å². The number of anilines is 1. The summed E-state index contributed by atoms with van der Waals surface area (Å²) in [7, 11) is 0. The largest absolute Gasteiger partial charge is 0.279 e. The van der Waals surface area contributed by atoms with Crippen LogP contribution in [0.4, 0.5) is 19.6 Å². The van der Waals surface area contributed by atoms with Crippen LogP contribution < -0.4 is 4.90 Å². The number of amides is 1. The van der Waals surface area contributed by atoms with Gasteiger partial charge in [0.05, 0.1) is 21.0 Å². The van der Waals surface area contributed by atoms with Crippen LogP contribution >= 0.6 is 22.7 Å². The Labute approximate surface area is 193 Å². The minimum atomic E-state index is -0.797. The Bertz CT molecular complexity index is 1530. The molecule has 0 radical (unpaired) electrons. The van der Waals surface area contributed by atoms with Crippen LogP contribution in [0.5, 0.6) is 0 Å². The topological polar surface area (TPSA) is 76.3 Å². The van der Waals surface area contributed by atoms with E-state index in [9.17, 15) is 23.7 Å². The van der Waals surface area contributed by atoms with Gasteiger partial charge < -0.3 is 0 Å². The molecule has 0 fully saturated rings. The fourth-order valence-electron chi connectivity index (χ4n) is 3.44. The Kier molecular flexibility index (Phi) is 5.31. The van der Waals surface area contributed by atoms with E-state index in [1.807, 2.05) is 30.3 Å². The predicted molar refractivity (Wildman–Crippen MR) is 125 cm³/mol. The highest BCUT2D eigenvalue weighted by Gasteiger charge is 2.25. The quantitative estimate of drug-likeness (QED) is 0.211. The molecule has 0 saturated heterocycles. The van der Waals surface area contributed by atoms with Crippen LogP contribution in [-0.4, -0.2) is 15.8 Å². The first kappa shape index (κ1) is 21.1. The summed E-state index contributed by atoms with van der Waals surface area (Å²) in [5.41, 5.74) is 0.756. The molecule has 164 valence electrons. The Morgan fingerprint density at radius 1 is 1.00 bits per heavy atom. The summed E-state index contributed by atoms with van der Waals surface area (Å²) in [6.45, 7) is 0.165. The van der Waals surface area contributed by atoms with Gasteiger partial charge in [-0.25, -0.2) is 13.8 Å². The minimum absolute atomic E-state index is 0.00535. The Morgan fingerprint density at radius 3 is 2.55 bits per heavy atom. The molecular formula is C23H13F2N3O3S2. The average Bonchev–Trinajstić information content (AvgIpc) is 3.41. The number of nitro benzene ring substituents is 1. The van der Waals surface area contributed by atoms with Gasteiger partial charge in [0.15, 0.2) is 10.9 Å². The van der Waals surface area contributed by atoms with E-state index in [-0.39, 0.29) is 28.8 Å². The molecule has 10 heteroatoms. The third kappa shape index (κ3) is 4.06. The molecule has 5 rings (SSSR count). The Balaban J connectivity index is 1.59. The van der Waals surface area contributed by atoms with Crippen molar-refractivity contribution in [1.82, 2.24) is 4.98 Å². The molecule has 5 aromatic rings. The molecule has 33 heavy (non-hydrogen) atoms. The Morgan fingerprint density at radius 2 is 1.79 bits per heavy atom. The van der Waals surface area contributed by atoms with Gasteiger partial charge in [0.1, 0.15) is 11.3 Å². The molecule has 6 nitrogen and oxygen atoms in total. The van der Waals surface area contributed by atoms with Crippen molar-refractivity contribution in [1.29, 1.82) is 0 Å². The van der Waals surface area contributed by atoms with Gasteiger partial charge in [-0.2, -0.15) is 0 Å². The van der Waals surface area contributed by atoms with E-state index in [1.165, 1.54) is 34.4 Å². The summed E-state index contributed by atoms with van der Waals surface area (Å²) in [5.74, 6) is -1.90. The first-order chi connectivity index (χ1) is 15.9. The van der Waals surface area contributed by atoms with Gasteiger partial charge in [0, 0.05) is 28.3 Å². The van der Waals surface area contributed by atoms with Crippen molar-refractivity contribution in [2.45, 2.75) is 6.54 Å². The fourth-order valence-corrected chi connectivity index (χ4v) is 5.43.